The Balaban J connectivity index is 2.14. The fourth-order valence-electron chi connectivity index (χ4n) is 1.53. The highest BCUT2D eigenvalue weighted by Gasteiger charge is 2.05. The molecule has 0 aliphatic heterocycles. The zero-order valence-electron chi connectivity index (χ0n) is 9.27. The quantitative estimate of drug-likeness (QED) is 0.786. The van der Waals surface area contributed by atoms with Crippen LogP contribution in [0.2, 0.25) is 5.28 Å². The minimum absolute atomic E-state index is 0.202. The molecule has 0 aliphatic rings. The van der Waals surface area contributed by atoms with E-state index in [-0.39, 0.29) is 11.1 Å². The van der Waals surface area contributed by atoms with Gasteiger partial charge in [0, 0.05) is 19.8 Å². The number of halogens is 2. The number of aromatic nitrogens is 2. The molecule has 1 aromatic heterocycles. The zero-order chi connectivity index (χ0) is 12.3. The van der Waals surface area contributed by atoms with Gasteiger partial charge in [0.15, 0.2) is 0 Å². The van der Waals surface area contributed by atoms with E-state index in [9.17, 15) is 4.39 Å². The molecule has 0 atom stereocenters. The van der Waals surface area contributed by atoms with Crippen LogP contribution in [0.1, 0.15) is 5.56 Å². The molecular weight excluding hydrogens is 241 g/mol. The van der Waals surface area contributed by atoms with Gasteiger partial charge in [-0.1, -0.05) is 12.1 Å². The molecule has 0 bridgehead atoms. The van der Waals surface area contributed by atoms with Crippen molar-refractivity contribution in [3.63, 3.8) is 0 Å². The van der Waals surface area contributed by atoms with Crippen molar-refractivity contribution in [3.8, 4) is 0 Å². The number of nitrogens with zero attached hydrogens (tertiary/aromatic N) is 3. The van der Waals surface area contributed by atoms with Crippen LogP contribution < -0.4 is 4.90 Å². The first-order valence-corrected chi connectivity index (χ1v) is 5.47. The Morgan fingerprint density at radius 2 is 2.18 bits per heavy atom. The monoisotopic (exact) mass is 251 g/mol. The lowest BCUT2D eigenvalue weighted by Gasteiger charge is -2.17. The number of hydrogen-bond donors (Lipinski definition) is 0. The lowest BCUT2D eigenvalue weighted by Crippen LogP contribution is -2.17. The van der Waals surface area contributed by atoms with Crippen LogP contribution in [0.5, 0.6) is 0 Å². The molecule has 0 spiro atoms. The maximum Gasteiger partial charge on any atom is 0.224 e. The summed E-state index contributed by atoms with van der Waals surface area (Å²) in [5, 5.41) is 0.202. The van der Waals surface area contributed by atoms with Gasteiger partial charge in [0.05, 0.1) is 0 Å². The SMILES string of the molecule is CN(Cc1cccc(F)c1)c1ccnc(Cl)n1. The van der Waals surface area contributed by atoms with E-state index >= 15 is 0 Å². The molecule has 0 fully saturated rings. The van der Waals surface area contributed by atoms with Crippen molar-refractivity contribution in [1.29, 1.82) is 0 Å². The van der Waals surface area contributed by atoms with Crippen LogP contribution in [0.4, 0.5) is 10.2 Å². The number of rotatable bonds is 3. The van der Waals surface area contributed by atoms with Crippen LogP contribution in [0.3, 0.4) is 0 Å². The van der Waals surface area contributed by atoms with Gasteiger partial charge in [0.25, 0.3) is 0 Å². The van der Waals surface area contributed by atoms with Gasteiger partial charge in [-0.15, -0.1) is 0 Å². The molecule has 3 nitrogen and oxygen atoms in total. The van der Waals surface area contributed by atoms with Crippen LogP contribution in [-0.4, -0.2) is 17.0 Å². The Morgan fingerprint density at radius 1 is 1.35 bits per heavy atom. The first-order chi connectivity index (χ1) is 8.15. The first-order valence-electron chi connectivity index (χ1n) is 5.09. The third kappa shape index (κ3) is 3.14. The Morgan fingerprint density at radius 3 is 2.88 bits per heavy atom. The minimum Gasteiger partial charge on any atom is -0.355 e. The average molecular weight is 252 g/mol. The van der Waals surface area contributed by atoms with Gasteiger partial charge in [0.2, 0.25) is 5.28 Å². The van der Waals surface area contributed by atoms with E-state index in [1.807, 2.05) is 18.0 Å². The molecule has 5 heteroatoms. The van der Waals surface area contributed by atoms with Gasteiger partial charge in [-0.3, -0.25) is 0 Å². The molecule has 0 radical (unpaired) electrons. The molecule has 0 amide bonds. The molecule has 17 heavy (non-hydrogen) atoms. The van der Waals surface area contributed by atoms with Crippen molar-refractivity contribution in [3.05, 3.63) is 53.2 Å². The fraction of sp³-hybridized carbons (Fsp3) is 0.167. The van der Waals surface area contributed by atoms with E-state index in [2.05, 4.69) is 9.97 Å². The van der Waals surface area contributed by atoms with Crippen LogP contribution in [0.15, 0.2) is 36.5 Å². The molecule has 0 aliphatic carbocycles. The van der Waals surface area contributed by atoms with Crippen LogP contribution in [-0.2, 0) is 6.54 Å². The molecule has 0 N–H and O–H groups in total. The predicted octanol–water partition coefficient (Wildman–Crippen LogP) is 2.91. The van der Waals surface area contributed by atoms with Crippen molar-refractivity contribution in [1.82, 2.24) is 9.97 Å². The van der Waals surface area contributed by atoms with Crippen LogP contribution in [0.25, 0.3) is 0 Å². The molecule has 0 saturated heterocycles. The number of benzene rings is 1. The van der Waals surface area contributed by atoms with Gasteiger partial charge in [0.1, 0.15) is 11.6 Å². The maximum atomic E-state index is 13.0. The molecule has 88 valence electrons. The largest absolute Gasteiger partial charge is 0.355 e. The third-order valence-corrected chi connectivity index (χ3v) is 2.49. The van der Waals surface area contributed by atoms with E-state index in [0.29, 0.717) is 12.4 Å². The van der Waals surface area contributed by atoms with Gasteiger partial charge >= 0.3 is 0 Å². The summed E-state index contributed by atoms with van der Waals surface area (Å²) in [6.07, 6.45) is 1.59. The molecule has 0 saturated carbocycles. The molecule has 1 aromatic carbocycles. The van der Waals surface area contributed by atoms with E-state index in [1.54, 1.807) is 18.3 Å². The Kier molecular flexibility index (Phi) is 3.54. The minimum atomic E-state index is -0.239. The summed E-state index contributed by atoms with van der Waals surface area (Å²) in [6, 6.07) is 8.23. The van der Waals surface area contributed by atoms with Crippen molar-refractivity contribution >= 4 is 17.4 Å². The van der Waals surface area contributed by atoms with Gasteiger partial charge in [-0.2, -0.15) is 0 Å². The predicted molar refractivity (Wildman–Crippen MR) is 65.5 cm³/mol. The molecule has 0 unspecified atom stereocenters. The second-order valence-electron chi connectivity index (χ2n) is 3.67. The van der Waals surface area contributed by atoms with E-state index < -0.39 is 0 Å². The highest BCUT2D eigenvalue weighted by Crippen LogP contribution is 2.14. The van der Waals surface area contributed by atoms with Crippen LogP contribution >= 0.6 is 11.6 Å². The Hall–Kier alpha value is -1.68. The highest BCUT2D eigenvalue weighted by molar-refractivity contribution is 6.28. The Labute approximate surface area is 104 Å². The summed E-state index contributed by atoms with van der Waals surface area (Å²) < 4.78 is 13.0. The summed E-state index contributed by atoms with van der Waals surface area (Å²) in [5.41, 5.74) is 0.877. The van der Waals surface area contributed by atoms with Crippen molar-refractivity contribution in [2.45, 2.75) is 6.54 Å². The van der Waals surface area contributed by atoms with Gasteiger partial charge < -0.3 is 4.90 Å². The van der Waals surface area contributed by atoms with Crippen molar-refractivity contribution in [2.24, 2.45) is 0 Å². The summed E-state index contributed by atoms with van der Waals surface area (Å²) in [4.78, 5) is 9.77. The van der Waals surface area contributed by atoms with Gasteiger partial charge in [-0.05, 0) is 35.4 Å². The molecule has 2 rings (SSSR count). The lowest BCUT2D eigenvalue weighted by molar-refractivity contribution is 0.625. The standard InChI is InChI=1S/C12H11ClFN3/c1-17(11-5-6-15-12(13)16-11)8-9-3-2-4-10(14)7-9/h2-7H,8H2,1H3. The number of anilines is 1. The normalized spacial score (nSPS) is 10.3. The average Bonchev–Trinajstić information content (AvgIpc) is 2.29. The number of hydrogen-bond acceptors (Lipinski definition) is 3. The first kappa shape index (κ1) is 11.8. The molecule has 1 heterocycles. The molecule has 2 aromatic rings. The Bertz CT molecular complexity index is 519. The maximum absolute atomic E-state index is 13.0. The van der Waals surface area contributed by atoms with E-state index in [1.165, 1.54) is 12.1 Å². The zero-order valence-corrected chi connectivity index (χ0v) is 10.0. The summed E-state index contributed by atoms with van der Waals surface area (Å²) in [7, 11) is 1.86. The second kappa shape index (κ2) is 5.10. The topological polar surface area (TPSA) is 29.0 Å². The third-order valence-electron chi connectivity index (χ3n) is 2.31. The van der Waals surface area contributed by atoms with Crippen LogP contribution in [0, 0.1) is 5.82 Å². The smallest absolute Gasteiger partial charge is 0.224 e. The fourth-order valence-corrected chi connectivity index (χ4v) is 1.67. The van der Waals surface area contributed by atoms with Gasteiger partial charge in [-0.25, -0.2) is 14.4 Å². The summed E-state index contributed by atoms with van der Waals surface area (Å²) in [5.74, 6) is 0.464. The summed E-state index contributed by atoms with van der Waals surface area (Å²) >= 11 is 5.71. The van der Waals surface area contributed by atoms with E-state index in [4.69, 9.17) is 11.6 Å². The lowest BCUT2D eigenvalue weighted by atomic mass is 10.2. The second-order valence-corrected chi connectivity index (χ2v) is 4.01. The van der Waals surface area contributed by atoms with Crippen molar-refractivity contribution in [2.75, 3.05) is 11.9 Å². The van der Waals surface area contributed by atoms with E-state index in [0.717, 1.165) is 5.56 Å². The van der Waals surface area contributed by atoms with Crippen molar-refractivity contribution < 1.29 is 4.39 Å². The molecular formula is C12H11ClFN3. The summed E-state index contributed by atoms with van der Waals surface area (Å²) in [6.45, 7) is 0.561. The highest BCUT2D eigenvalue weighted by atomic mass is 35.5.